The number of anilines is 1. The van der Waals surface area contributed by atoms with E-state index < -0.39 is 0 Å². The van der Waals surface area contributed by atoms with Gasteiger partial charge in [0.2, 0.25) is 0 Å². The highest BCUT2D eigenvalue weighted by molar-refractivity contribution is 6.04. The number of methoxy groups -OCH3 is 1. The van der Waals surface area contributed by atoms with Gasteiger partial charge in [0, 0.05) is 17.8 Å². The summed E-state index contributed by atoms with van der Waals surface area (Å²) in [5.41, 5.74) is 1.05. The molecule has 0 aliphatic heterocycles. The number of amides is 2. The summed E-state index contributed by atoms with van der Waals surface area (Å²) in [6, 6.07) is 12.1. The van der Waals surface area contributed by atoms with Crippen LogP contribution in [0.3, 0.4) is 0 Å². The van der Waals surface area contributed by atoms with Crippen LogP contribution in [0, 0.1) is 0 Å². The van der Waals surface area contributed by atoms with Crippen molar-refractivity contribution in [3.8, 4) is 5.75 Å². The Morgan fingerprint density at radius 1 is 1.04 bits per heavy atom. The monoisotopic (exact) mass is 339 g/mol. The molecule has 6 nitrogen and oxygen atoms in total. The Balaban J connectivity index is 1.69. The molecule has 0 saturated heterocycles. The average molecular weight is 339 g/mol. The third kappa shape index (κ3) is 4.35. The van der Waals surface area contributed by atoms with Gasteiger partial charge >= 0.3 is 0 Å². The van der Waals surface area contributed by atoms with Crippen LogP contribution in [0.15, 0.2) is 42.5 Å². The molecule has 6 heteroatoms. The number of benzene rings is 1. The minimum absolute atomic E-state index is 0.196. The number of pyridine rings is 1. The van der Waals surface area contributed by atoms with Crippen LogP contribution in [-0.4, -0.2) is 29.9 Å². The lowest BCUT2D eigenvalue weighted by Gasteiger charge is -2.12. The number of hydrogen-bond acceptors (Lipinski definition) is 4. The van der Waals surface area contributed by atoms with E-state index in [0.717, 1.165) is 25.7 Å². The van der Waals surface area contributed by atoms with Crippen molar-refractivity contribution < 1.29 is 14.3 Å². The topological polar surface area (TPSA) is 80.3 Å². The van der Waals surface area contributed by atoms with E-state index in [1.165, 1.54) is 0 Å². The minimum atomic E-state index is -0.372. The molecule has 1 aliphatic rings. The highest BCUT2D eigenvalue weighted by Crippen LogP contribution is 2.19. The molecule has 0 bridgehead atoms. The Hall–Kier alpha value is -2.89. The summed E-state index contributed by atoms with van der Waals surface area (Å²) in [5, 5.41) is 5.74. The van der Waals surface area contributed by atoms with Gasteiger partial charge in [-0.25, -0.2) is 4.98 Å². The normalized spacial score (nSPS) is 14.1. The van der Waals surface area contributed by atoms with Gasteiger partial charge in [0.05, 0.1) is 7.11 Å². The van der Waals surface area contributed by atoms with E-state index >= 15 is 0 Å². The van der Waals surface area contributed by atoms with Gasteiger partial charge in [0.25, 0.3) is 11.8 Å². The standard InChI is InChI=1S/C19H21N3O3/c1-25-15-9-4-8-14(12-15)21-19(24)17-11-5-10-16(22-17)18(23)20-13-6-2-3-7-13/h4-5,8-13H,2-3,6-7H2,1H3,(H,20,23)(H,21,24). The van der Waals surface area contributed by atoms with Crippen molar-refractivity contribution in [2.24, 2.45) is 0 Å². The number of nitrogens with zero attached hydrogens (tertiary/aromatic N) is 1. The summed E-state index contributed by atoms with van der Waals surface area (Å²) in [5.74, 6) is 0.0437. The van der Waals surface area contributed by atoms with Gasteiger partial charge in [-0.05, 0) is 37.1 Å². The first-order chi connectivity index (χ1) is 12.2. The van der Waals surface area contributed by atoms with Crippen LogP contribution in [0.5, 0.6) is 5.75 Å². The van der Waals surface area contributed by atoms with E-state index in [9.17, 15) is 9.59 Å². The molecule has 0 unspecified atom stereocenters. The predicted molar refractivity (Wildman–Crippen MR) is 94.9 cm³/mol. The summed E-state index contributed by atoms with van der Waals surface area (Å²) in [6.07, 6.45) is 4.28. The Kier molecular flexibility index (Phi) is 5.28. The lowest BCUT2D eigenvalue weighted by molar-refractivity contribution is 0.0932. The van der Waals surface area contributed by atoms with Crippen molar-refractivity contribution in [1.82, 2.24) is 10.3 Å². The zero-order valence-corrected chi connectivity index (χ0v) is 14.1. The minimum Gasteiger partial charge on any atom is -0.497 e. The van der Waals surface area contributed by atoms with E-state index in [0.29, 0.717) is 11.4 Å². The van der Waals surface area contributed by atoms with Crippen molar-refractivity contribution in [3.63, 3.8) is 0 Å². The molecule has 0 radical (unpaired) electrons. The van der Waals surface area contributed by atoms with Crippen molar-refractivity contribution in [1.29, 1.82) is 0 Å². The van der Waals surface area contributed by atoms with Crippen LogP contribution < -0.4 is 15.4 Å². The molecule has 1 aromatic carbocycles. The summed E-state index contributed by atoms with van der Waals surface area (Å²) in [7, 11) is 1.56. The summed E-state index contributed by atoms with van der Waals surface area (Å²) >= 11 is 0. The van der Waals surface area contributed by atoms with Gasteiger partial charge in [-0.15, -0.1) is 0 Å². The van der Waals surface area contributed by atoms with Gasteiger partial charge < -0.3 is 15.4 Å². The van der Waals surface area contributed by atoms with E-state index in [-0.39, 0.29) is 29.2 Å². The van der Waals surface area contributed by atoms with Crippen LogP contribution in [0.2, 0.25) is 0 Å². The van der Waals surface area contributed by atoms with Crippen LogP contribution in [0.25, 0.3) is 0 Å². The molecule has 25 heavy (non-hydrogen) atoms. The van der Waals surface area contributed by atoms with Gasteiger partial charge in [-0.3, -0.25) is 9.59 Å². The second-order valence-corrected chi connectivity index (χ2v) is 6.05. The van der Waals surface area contributed by atoms with Gasteiger partial charge in [0.1, 0.15) is 17.1 Å². The SMILES string of the molecule is COc1cccc(NC(=O)c2cccc(C(=O)NC3CCCC3)n2)c1. The number of nitrogens with one attached hydrogen (secondary N) is 2. The molecule has 1 aromatic heterocycles. The molecule has 1 heterocycles. The van der Waals surface area contributed by atoms with Crippen molar-refractivity contribution in [2.75, 3.05) is 12.4 Å². The summed E-state index contributed by atoms with van der Waals surface area (Å²) in [4.78, 5) is 28.9. The van der Waals surface area contributed by atoms with E-state index in [4.69, 9.17) is 4.74 Å². The van der Waals surface area contributed by atoms with Crippen LogP contribution in [0.4, 0.5) is 5.69 Å². The Bertz CT molecular complexity index is 770. The van der Waals surface area contributed by atoms with Crippen molar-refractivity contribution in [3.05, 3.63) is 53.9 Å². The number of rotatable bonds is 5. The quantitative estimate of drug-likeness (QED) is 0.877. The maximum absolute atomic E-state index is 12.4. The van der Waals surface area contributed by atoms with Crippen molar-refractivity contribution >= 4 is 17.5 Å². The molecule has 2 N–H and O–H groups in total. The Morgan fingerprint density at radius 2 is 1.72 bits per heavy atom. The molecule has 0 atom stereocenters. The summed E-state index contributed by atoms with van der Waals surface area (Å²) < 4.78 is 5.14. The smallest absolute Gasteiger partial charge is 0.274 e. The molecule has 0 spiro atoms. The molecule has 1 fully saturated rings. The highest BCUT2D eigenvalue weighted by atomic mass is 16.5. The second-order valence-electron chi connectivity index (χ2n) is 6.05. The van der Waals surface area contributed by atoms with Crippen molar-refractivity contribution in [2.45, 2.75) is 31.7 Å². The van der Waals surface area contributed by atoms with Crippen LogP contribution >= 0.6 is 0 Å². The first-order valence-electron chi connectivity index (χ1n) is 8.39. The molecule has 2 amide bonds. The van der Waals surface area contributed by atoms with E-state index in [1.54, 1.807) is 49.6 Å². The largest absolute Gasteiger partial charge is 0.497 e. The fourth-order valence-electron chi connectivity index (χ4n) is 2.91. The Morgan fingerprint density at radius 3 is 2.44 bits per heavy atom. The van der Waals surface area contributed by atoms with Gasteiger partial charge in [-0.2, -0.15) is 0 Å². The fourth-order valence-corrected chi connectivity index (χ4v) is 2.91. The number of hydrogen-bond donors (Lipinski definition) is 2. The maximum atomic E-state index is 12.4. The van der Waals surface area contributed by atoms with Crippen LogP contribution in [-0.2, 0) is 0 Å². The number of ether oxygens (including phenoxy) is 1. The third-order valence-electron chi connectivity index (χ3n) is 4.23. The fraction of sp³-hybridized carbons (Fsp3) is 0.316. The first-order valence-corrected chi connectivity index (χ1v) is 8.39. The van der Waals surface area contributed by atoms with Crippen LogP contribution in [0.1, 0.15) is 46.7 Å². The lowest BCUT2D eigenvalue weighted by atomic mass is 10.2. The number of carbonyl (C=O) groups is 2. The molecular weight excluding hydrogens is 318 g/mol. The molecule has 1 aliphatic carbocycles. The van der Waals surface area contributed by atoms with Gasteiger partial charge in [-0.1, -0.05) is 25.0 Å². The van der Waals surface area contributed by atoms with E-state index in [1.807, 2.05) is 0 Å². The molecule has 3 rings (SSSR count). The zero-order chi connectivity index (χ0) is 17.6. The summed E-state index contributed by atoms with van der Waals surface area (Å²) in [6.45, 7) is 0. The Labute approximate surface area is 146 Å². The third-order valence-corrected chi connectivity index (χ3v) is 4.23. The predicted octanol–water partition coefficient (Wildman–Crippen LogP) is 3.01. The number of aromatic nitrogens is 1. The lowest BCUT2D eigenvalue weighted by Crippen LogP contribution is -2.33. The van der Waals surface area contributed by atoms with E-state index in [2.05, 4.69) is 15.6 Å². The average Bonchev–Trinajstić information content (AvgIpc) is 3.15. The molecule has 2 aromatic rings. The highest BCUT2D eigenvalue weighted by Gasteiger charge is 2.19. The molecule has 130 valence electrons. The zero-order valence-electron chi connectivity index (χ0n) is 14.1. The second kappa shape index (κ2) is 7.79. The molecule has 1 saturated carbocycles. The molecular formula is C19H21N3O3. The van der Waals surface area contributed by atoms with Gasteiger partial charge in [0.15, 0.2) is 0 Å². The number of carbonyl (C=O) groups excluding carboxylic acids is 2. The first kappa shape index (κ1) is 17.0. The maximum Gasteiger partial charge on any atom is 0.274 e.